The zero-order valence-corrected chi connectivity index (χ0v) is 43.7. The number of halogens is 12. The van der Waals surface area contributed by atoms with Crippen LogP contribution in [-0.4, -0.2) is 16.1 Å². The van der Waals surface area contributed by atoms with Gasteiger partial charge in [0.25, 0.3) is 0 Å². The number of allylic oxidation sites excluding steroid dienone is 4. The monoisotopic (exact) mass is 1100 g/mol. The van der Waals surface area contributed by atoms with E-state index in [0.29, 0.717) is 87.6 Å². The molecule has 0 saturated heterocycles. The lowest BCUT2D eigenvalue weighted by molar-refractivity contribution is -0.138. The van der Waals surface area contributed by atoms with Crippen molar-refractivity contribution in [3.05, 3.63) is 285 Å². The number of benzene rings is 8. The first-order valence-corrected chi connectivity index (χ1v) is 30.3. The predicted molar refractivity (Wildman–Crippen MR) is 292 cm³/mol. The first-order valence-electron chi connectivity index (χ1n) is 24.9. The summed E-state index contributed by atoms with van der Waals surface area (Å²) in [6.45, 7) is 4.13. The van der Waals surface area contributed by atoms with Crippen molar-refractivity contribution in [2.75, 3.05) is 0 Å². The fourth-order valence-electron chi connectivity index (χ4n) is 11.6. The maximum absolute atomic E-state index is 14.4. The van der Waals surface area contributed by atoms with Gasteiger partial charge in [-0.3, -0.25) is 0 Å². The van der Waals surface area contributed by atoms with Crippen LogP contribution in [0.5, 0.6) is 0 Å². The molecule has 0 fully saturated rings. The molecule has 0 radical (unpaired) electrons. The van der Waals surface area contributed by atoms with Gasteiger partial charge in [-0.2, -0.15) is 52.7 Å². The van der Waals surface area contributed by atoms with E-state index in [0.717, 1.165) is 48.5 Å². The minimum atomic E-state index is -4.69. The Hall–Kier alpha value is -7.69. The summed E-state index contributed by atoms with van der Waals surface area (Å²) in [5, 5.41) is 2.83. The molecule has 0 aliphatic carbocycles. The Kier molecular flexibility index (Phi) is 14.0. The van der Waals surface area contributed by atoms with E-state index in [9.17, 15) is 52.7 Å². The lowest BCUT2D eigenvalue weighted by atomic mass is 9.89. The van der Waals surface area contributed by atoms with Crippen molar-refractivity contribution in [1.29, 1.82) is 0 Å². The van der Waals surface area contributed by atoms with Crippen LogP contribution in [0.2, 0.25) is 25.2 Å². The van der Waals surface area contributed by atoms with Crippen molar-refractivity contribution in [2.45, 2.75) is 49.9 Å². The van der Waals surface area contributed by atoms with Gasteiger partial charge >= 0.3 is 24.7 Å². The maximum atomic E-state index is 14.4. The van der Waals surface area contributed by atoms with Gasteiger partial charge in [-0.05, 0) is 136 Å². The normalized spacial score (nSPS) is 15.9. The molecule has 8 aromatic carbocycles. The topological polar surface area (TPSA) is 0 Å². The molecule has 2 aliphatic rings. The van der Waals surface area contributed by atoms with Gasteiger partial charge in [-0.25, -0.2) is 0 Å². The van der Waals surface area contributed by atoms with Crippen LogP contribution in [0.4, 0.5) is 52.7 Å². The van der Waals surface area contributed by atoms with Crippen LogP contribution in [0, 0.1) is 0 Å². The van der Waals surface area contributed by atoms with Crippen molar-refractivity contribution in [1.82, 2.24) is 0 Å². The highest BCUT2D eigenvalue weighted by atomic mass is 28.3. The van der Waals surface area contributed by atoms with E-state index in [-0.39, 0.29) is 12.1 Å². The summed E-state index contributed by atoms with van der Waals surface area (Å²) < 4.78 is 173. The molecule has 8 aromatic rings. The molecule has 10 rings (SSSR count). The van der Waals surface area contributed by atoms with Gasteiger partial charge in [0.05, 0.1) is 22.3 Å². The molecule has 14 heteroatoms. The molecule has 0 atom stereocenters. The molecular weight excluding hydrogens is 1050 g/mol. The first kappa shape index (κ1) is 53.7. The van der Waals surface area contributed by atoms with Crippen LogP contribution < -0.4 is 0 Å². The van der Waals surface area contributed by atoms with Crippen molar-refractivity contribution >= 4 is 59.2 Å². The summed E-state index contributed by atoms with van der Waals surface area (Å²) in [6.07, 6.45) is -18.8. The van der Waals surface area contributed by atoms with Gasteiger partial charge in [0.15, 0.2) is 0 Å². The Morgan fingerprint density at radius 2 is 0.397 bits per heavy atom. The molecule has 2 heterocycles. The predicted octanol–water partition coefficient (Wildman–Crippen LogP) is 19.8. The van der Waals surface area contributed by atoms with E-state index in [1.54, 1.807) is 0 Å². The van der Waals surface area contributed by atoms with Crippen LogP contribution in [0.15, 0.2) is 218 Å². The van der Waals surface area contributed by atoms with E-state index in [1.165, 1.54) is 48.5 Å². The van der Waals surface area contributed by atoms with Gasteiger partial charge in [0.2, 0.25) is 0 Å². The fourth-order valence-corrected chi connectivity index (χ4v) is 23.6. The Morgan fingerprint density at radius 1 is 0.231 bits per heavy atom. The van der Waals surface area contributed by atoms with E-state index < -0.39 is 63.1 Å². The smallest absolute Gasteiger partial charge is 0.166 e. The second-order valence-corrected chi connectivity index (χ2v) is 28.3. The van der Waals surface area contributed by atoms with E-state index in [1.807, 2.05) is 121 Å². The van der Waals surface area contributed by atoms with E-state index in [4.69, 9.17) is 0 Å². The summed E-state index contributed by atoms with van der Waals surface area (Å²) in [5.41, 5.74) is 3.76. The van der Waals surface area contributed by atoms with Crippen LogP contribution in [0.3, 0.4) is 0 Å². The largest absolute Gasteiger partial charge is 0.416 e. The SMILES string of the molecule is C[Si]1(CC[Si]2(C)C(c3ccc(C(F)(F)F)cc3)=C(c3ccccc3)C(c3ccccc3)=C2c2ccc(C(F)(F)F)cc2)C(c2ccc(C(F)(F)F)cc2)=C(c2ccccc2)C(c2ccccc2)=C1c1ccc(C(F)(F)F)cc1. The summed E-state index contributed by atoms with van der Waals surface area (Å²) in [7, 11) is -7.40. The zero-order chi connectivity index (χ0) is 55.4. The number of alkyl halides is 12. The van der Waals surface area contributed by atoms with Crippen molar-refractivity contribution < 1.29 is 52.7 Å². The lowest BCUT2D eigenvalue weighted by Crippen LogP contribution is -2.39. The molecule has 2 aliphatic heterocycles. The third-order valence-corrected chi connectivity index (χ3v) is 24.7. The summed E-state index contributed by atoms with van der Waals surface area (Å²) in [6, 6.07) is 57.1. The fraction of sp³-hybridized carbons (Fsp3) is 0.125. The van der Waals surface area contributed by atoms with Gasteiger partial charge in [0.1, 0.15) is 16.1 Å². The summed E-state index contributed by atoms with van der Waals surface area (Å²) in [4.78, 5) is 0. The maximum Gasteiger partial charge on any atom is 0.416 e. The molecule has 0 bridgehead atoms. The van der Waals surface area contributed by atoms with Gasteiger partial charge in [-0.15, -0.1) is 0 Å². The van der Waals surface area contributed by atoms with Gasteiger partial charge in [0, 0.05) is 0 Å². The standard InChI is InChI=1S/C64H46F12Si2/c1-77(57(45-23-31-49(32-24-45)61(65,66)67)53(41-15-7-3-8-16-41)54(42-17-9-4-10-18-42)58(77)46-25-33-50(34-26-46)62(68,69)70)39-40-78(2)59(47-27-35-51(36-28-47)63(71,72)73)55(43-19-11-5-12-20-43)56(44-21-13-6-14-22-44)60(78)48-29-37-52(38-30-48)64(74,75)76/h3-38H,39-40H2,1-2H3. The molecule has 0 unspecified atom stereocenters. The number of hydrogen-bond donors (Lipinski definition) is 0. The van der Waals surface area contributed by atoms with E-state index >= 15 is 0 Å². The molecule has 0 amide bonds. The average Bonchev–Trinajstić information content (AvgIpc) is 3.91. The highest BCUT2D eigenvalue weighted by molar-refractivity contribution is 7.17. The Bertz CT molecular complexity index is 3130. The quantitative estimate of drug-likeness (QED) is 0.0894. The second kappa shape index (κ2) is 20.3. The minimum Gasteiger partial charge on any atom is -0.166 e. The zero-order valence-electron chi connectivity index (χ0n) is 41.7. The highest BCUT2D eigenvalue weighted by Gasteiger charge is 2.53. The molecule has 0 N–H and O–H groups in total. The Labute approximate surface area is 445 Å². The molecule has 394 valence electrons. The first-order chi connectivity index (χ1) is 37.0. The molecular formula is C64H46F12Si2. The summed E-state index contributed by atoms with van der Waals surface area (Å²) >= 11 is 0. The Balaban J connectivity index is 1.32. The number of rotatable bonds is 11. The van der Waals surface area contributed by atoms with E-state index in [2.05, 4.69) is 13.1 Å². The van der Waals surface area contributed by atoms with Gasteiger partial charge < -0.3 is 0 Å². The Morgan fingerprint density at radius 3 is 0.551 bits per heavy atom. The third kappa shape index (κ3) is 10.1. The van der Waals surface area contributed by atoms with Crippen molar-refractivity contribution in [3.63, 3.8) is 0 Å². The van der Waals surface area contributed by atoms with Crippen LogP contribution >= 0.6 is 0 Å². The average molecular weight is 1100 g/mol. The molecule has 78 heavy (non-hydrogen) atoms. The molecule has 0 spiro atoms. The molecule has 0 nitrogen and oxygen atoms in total. The lowest BCUT2D eigenvalue weighted by Gasteiger charge is -2.37. The second-order valence-electron chi connectivity index (χ2n) is 19.9. The van der Waals surface area contributed by atoms with Gasteiger partial charge in [-0.1, -0.05) is 195 Å². The molecule has 0 saturated carbocycles. The summed E-state index contributed by atoms with van der Waals surface area (Å²) in [5.74, 6) is 0. The molecule has 0 aromatic heterocycles. The minimum absolute atomic E-state index is 0.257. The van der Waals surface area contributed by atoms with Crippen molar-refractivity contribution in [3.8, 4) is 0 Å². The van der Waals surface area contributed by atoms with Crippen molar-refractivity contribution in [2.24, 2.45) is 0 Å². The highest BCUT2D eigenvalue weighted by Crippen LogP contribution is 2.62. The van der Waals surface area contributed by atoms with Crippen LogP contribution in [-0.2, 0) is 24.7 Å². The third-order valence-electron chi connectivity index (χ3n) is 15.1. The van der Waals surface area contributed by atoms with Crippen LogP contribution in [0.25, 0.3) is 43.1 Å². The number of hydrogen-bond acceptors (Lipinski definition) is 0. The van der Waals surface area contributed by atoms with Crippen LogP contribution in [0.1, 0.15) is 66.8 Å².